The predicted octanol–water partition coefficient (Wildman–Crippen LogP) is 2.64. The number of nitrogens with one attached hydrogen (secondary N) is 2. The van der Waals surface area contributed by atoms with E-state index in [1.54, 1.807) is 0 Å². The minimum absolute atomic E-state index is 0. The molecule has 0 saturated carbocycles. The number of aliphatic imine (C=N–C) groups is 1. The molecular weight excluding hydrogens is 379 g/mol. The summed E-state index contributed by atoms with van der Waals surface area (Å²) >= 11 is 0. The first-order chi connectivity index (χ1) is 9.57. The SMILES string of the molecule is CCCCCCCCN=C(N)NCCNC(=O)C(C)C.I. The highest BCUT2D eigenvalue weighted by atomic mass is 127. The molecule has 0 bridgehead atoms. The van der Waals surface area contributed by atoms with Gasteiger partial charge in [-0.3, -0.25) is 9.79 Å². The molecule has 0 aromatic carbocycles. The minimum Gasteiger partial charge on any atom is -0.370 e. The van der Waals surface area contributed by atoms with Crippen LogP contribution in [0.4, 0.5) is 0 Å². The van der Waals surface area contributed by atoms with Gasteiger partial charge in [-0.05, 0) is 6.42 Å². The monoisotopic (exact) mass is 412 g/mol. The standard InChI is InChI=1S/C15H32N4O.HI/c1-4-5-6-7-8-9-10-18-15(16)19-12-11-17-14(20)13(2)3;/h13H,4-12H2,1-3H3,(H,17,20)(H3,16,18,19);1H. The molecule has 0 aromatic heterocycles. The van der Waals surface area contributed by atoms with E-state index in [1.165, 1.54) is 32.1 Å². The maximum Gasteiger partial charge on any atom is 0.222 e. The van der Waals surface area contributed by atoms with Crippen LogP contribution >= 0.6 is 24.0 Å². The van der Waals surface area contributed by atoms with Gasteiger partial charge in [0.15, 0.2) is 5.96 Å². The topological polar surface area (TPSA) is 79.5 Å². The van der Waals surface area contributed by atoms with Gasteiger partial charge in [-0.25, -0.2) is 0 Å². The van der Waals surface area contributed by atoms with Gasteiger partial charge in [-0.15, -0.1) is 24.0 Å². The summed E-state index contributed by atoms with van der Waals surface area (Å²) < 4.78 is 0. The van der Waals surface area contributed by atoms with E-state index in [0.29, 0.717) is 19.0 Å². The molecule has 0 atom stereocenters. The number of carbonyl (C=O) groups excluding carboxylic acids is 1. The summed E-state index contributed by atoms with van der Waals surface area (Å²) in [6.45, 7) is 7.94. The minimum atomic E-state index is 0. The van der Waals surface area contributed by atoms with Crippen molar-refractivity contribution in [2.24, 2.45) is 16.6 Å². The van der Waals surface area contributed by atoms with Gasteiger partial charge < -0.3 is 16.4 Å². The van der Waals surface area contributed by atoms with Gasteiger partial charge >= 0.3 is 0 Å². The Morgan fingerprint density at radius 3 is 2.24 bits per heavy atom. The molecule has 0 aliphatic rings. The van der Waals surface area contributed by atoms with E-state index in [1.807, 2.05) is 13.8 Å². The number of halogens is 1. The first-order valence-electron chi connectivity index (χ1n) is 7.89. The third kappa shape index (κ3) is 15.7. The summed E-state index contributed by atoms with van der Waals surface area (Å²) in [4.78, 5) is 15.6. The Labute approximate surface area is 146 Å². The van der Waals surface area contributed by atoms with E-state index in [4.69, 9.17) is 5.73 Å². The summed E-state index contributed by atoms with van der Waals surface area (Å²) in [5.41, 5.74) is 5.74. The van der Waals surface area contributed by atoms with Crippen molar-refractivity contribution in [1.29, 1.82) is 0 Å². The van der Waals surface area contributed by atoms with Crippen LogP contribution in [0, 0.1) is 5.92 Å². The number of rotatable bonds is 11. The molecule has 0 radical (unpaired) electrons. The molecule has 0 unspecified atom stereocenters. The molecule has 0 saturated heterocycles. The molecule has 5 nitrogen and oxygen atoms in total. The fourth-order valence-corrected chi connectivity index (χ4v) is 1.73. The van der Waals surface area contributed by atoms with Crippen molar-refractivity contribution in [3.63, 3.8) is 0 Å². The van der Waals surface area contributed by atoms with Crippen molar-refractivity contribution in [1.82, 2.24) is 10.6 Å². The lowest BCUT2D eigenvalue weighted by atomic mass is 10.1. The summed E-state index contributed by atoms with van der Waals surface area (Å²) in [6.07, 6.45) is 7.54. The molecule has 0 heterocycles. The van der Waals surface area contributed by atoms with Crippen molar-refractivity contribution in [2.75, 3.05) is 19.6 Å². The average molecular weight is 412 g/mol. The third-order valence-electron chi connectivity index (χ3n) is 3.05. The number of unbranched alkanes of at least 4 members (excludes halogenated alkanes) is 5. The lowest BCUT2D eigenvalue weighted by molar-refractivity contribution is -0.123. The zero-order valence-corrected chi connectivity index (χ0v) is 16.1. The molecule has 6 heteroatoms. The van der Waals surface area contributed by atoms with Crippen molar-refractivity contribution in [3.8, 4) is 0 Å². The molecule has 0 rings (SSSR count). The number of hydrogen-bond donors (Lipinski definition) is 3. The van der Waals surface area contributed by atoms with Gasteiger partial charge in [0.05, 0.1) is 0 Å². The first-order valence-corrected chi connectivity index (χ1v) is 7.89. The fraction of sp³-hybridized carbons (Fsp3) is 0.867. The maximum absolute atomic E-state index is 11.3. The number of carbonyl (C=O) groups is 1. The Morgan fingerprint density at radius 2 is 1.62 bits per heavy atom. The Kier molecular flexibility index (Phi) is 17.2. The van der Waals surface area contributed by atoms with Crippen molar-refractivity contribution < 1.29 is 4.79 Å². The van der Waals surface area contributed by atoms with Crippen LogP contribution in [0.1, 0.15) is 59.3 Å². The van der Waals surface area contributed by atoms with Gasteiger partial charge in [0.1, 0.15) is 0 Å². The van der Waals surface area contributed by atoms with Crippen LogP contribution in [0.25, 0.3) is 0 Å². The average Bonchev–Trinajstić information content (AvgIpc) is 2.42. The highest BCUT2D eigenvalue weighted by molar-refractivity contribution is 14.0. The Bertz CT molecular complexity index is 283. The number of guanidine groups is 1. The lowest BCUT2D eigenvalue weighted by Gasteiger charge is -2.09. The smallest absolute Gasteiger partial charge is 0.222 e. The van der Waals surface area contributed by atoms with Crippen LogP contribution < -0.4 is 16.4 Å². The second kappa shape index (κ2) is 15.9. The summed E-state index contributed by atoms with van der Waals surface area (Å²) in [5, 5.41) is 5.82. The summed E-state index contributed by atoms with van der Waals surface area (Å²) in [5.74, 6) is 0.556. The third-order valence-corrected chi connectivity index (χ3v) is 3.05. The molecule has 0 fully saturated rings. The van der Waals surface area contributed by atoms with Crippen LogP contribution in [-0.4, -0.2) is 31.5 Å². The zero-order chi connectivity index (χ0) is 15.2. The molecule has 0 aromatic rings. The molecule has 0 aliphatic heterocycles. The molecule has 126 valence electrons. The van der Waals surface area contributed by atoms with Crippen LogP contribution in [0.3, 0.4) is 0 Å². The van der Waals surface area contributed by atoms with E-state index in [9.17, 15) is 4.79 Å². The van der Waals surface area contributed by atoms with E-state index < -0.39 is 0 Å². The number of hydrogen-bond acceptors (Lipinski definition) is 2. The van der Waals surface area contributed by atoms with Gasteiger partial charge in [0.2, 0.25) is 5.91 Å². The van der Waals surface area contributed by atoms with Crippen molar-refractivity contribution in [2.45, 2.75) is 59.3 Å². The second-order valence-electron chi connectivity index (χ2n) is 5.41. The molecule has 0 spiro atoms. The first kappa shape index (κ1) is 22.7. The van der Waals surface area contributed by atoms with Gasteiger partial charge in [0.25, 0.3) is 0 Å². The Balaban J connectivity index is 0. The van der Waals surface area contributed by atoms with Crippen molar-refractivity contribution >= 4 is 35.8 Å². The van der Waals surface area contributed by atoms with Crippen molar-refractivity contribution in [3.05, 3.63) is 0 Å². The highest BCUT2D eigenvalue weighted by Crippen LogP contribution is 2.04. The van der Waals surface area contributed by atoms with Crippen LogP contribution in [0.2, 0.25) is 0 Å². The van der Waals surface area contributed by atoms with Gasteiger partial charge in [-0.1, -0.05) is 52.9 Å². The van der Waals surface area contributed by atoms with Crippen LogP contribution in [-0.2, 0) is 4.79 Å². The number of nitrogens with zero attached hydrogens (tertiary/aromatic N) is 1. The zero-order valence-electron chi connectivity index (χ0n) is 13.8. The molecule has 0 aliphatic carbocycles. The summed E-state index contributed by atoms with van der Waals surface area (Å²) in [6, 6.07) is 0. The molecule has 21 heavy (non-hydrogen) atoms. The molecule has 4 N–H and O–H groups in total. The van der Waals surface area contributed by atoms with Gasteiger partial charge in [-0.2, -0.15) is 0 Å². The van der Waals surface area contributed by atoms with Crippen LogP contribution in [0.15, 0.2) is 4.99 Å². The van der Waals surface area contributed by atoms with Gasteiger partial charge in [0, 0.05) is 25.6 Å². The lowest BCUT2D eigenvalue weighted by Crippen LogP contribution is -2.39. The summed E-state index contributed by atoms with van der Waals surface area (Å²) in [7, 11) is 0. The fourth-order valence-electron chi connectivity index (χ4n) is 1.73. The van der Waals surface area contributed by atoms with E-state index in [2.05, 4.69) is 22.5 Å². The van der Waals surface area contributed by atoms with Crippen LogP contribution in [0.5, 0.6) is 0 Å². The highest BCUT2D eigenvalue weighted by Gasteiger charge is 2.04. The Hall–Kier alpha value is -0.530. The van der Waals surface area contributed by atoms with E-state index in [0.717, 1.165) is 13.0 Å². The quantitative estimate of drug-likeness (QED) is 0.211. The molecular formula is C15H33IN4O. The number of amides is 1. The normalized spacial score (nSPS) is 11.1. The molecule has 1 amide bonds. The second-order valence-corrected chi connectivity index (χ2v) is 5.41. The maximum atomic E-state index is 11.3. The largest absolute Gasteiger partial charge is 0.370 e. The van der Waals surface area contributed by atoms with E-state index in [-0.39, 0.29) is 35.8 Å². The van der Waals surface area contributed by atoms with E-state index >= 15 is 0 Å². The number of nitrogens with two attached hydrogens (primary N) is 1. The Morgan fingerprint density at radius 1 is 1.05 bits per heavy atom. The predicted molar refractivity (Wildman–Crippen MR) is 101 cm³/mol.